The first-order valence-electron chi connectivity index (χ1n) is 4.50. The molecule has 0 saturated carbocycles. The van der Waals surface area contributed by atoms with Crippen molar-refractivity contribution in [1.29, 1.82) is 0 Å². The van der Waals surface area contributed by atoms with Crippen LogP contribution in [0.4, 0.5) is 0 Å². The molecule has 0 amide bonds. The van der Waals surface area contributed by atoms with Crippen molar-refractivity contribution >= 4 is 17.1 Å². The molecule has 0 spiro atoms. The number of aldehydes is 1. The fourth-order valence-corrected chi connectivity index (χ4v) is 1.61. The summed E-state index contributed by atoms with van der Waals surface area (Å²) in [6.07, 6.45) is 2.01. The molecule has 0 aliphatic carbocycles. The number of hydrogen-bond donors (Lipinski definition) is 1. The van der Waals surface area contributed by atoms with E-state index >= 15 is 0 Å². The first-order valence-corrected chi connectivity index (χ1v) is 4.50. The molecule has 0 radical (unpaired) electrons. The largest absolute Gasteiger partial charge is 0.425 e. The van der Waals surface area contributed by atoms with Gasteiger partial charge in [-0.1, -0.05) is 24.3 Å². The van der Waals surface area contributed by atoms with Crippen LogP contribution in [0.2, 0.25) is 0 Å². The van der Waals surface area contributed by atoms with Crippen LogP contribution in [0.5, 0.6) is 0 Å². The normalized spacial score (nSPS) is 10.4. The molecule has 0 aliphatic heterocycles. The monoisotopic (exact) mass is 203 g/mol. The molecule has 15 heavy (non-hydrogen) atoms. The third kappa shape index (κ3) is 1.50. The number of benzene rings is 1. The Balaban J connectivity index is 2.88. The van der Waals surface area contributed by atoms with Crippen LogP contribution in [-0.2, 0) is 11.2 Å². The van der Waals surface area contributed by atoms with Crippen molar-refractivity contribution in [3.8, 4) is 0 Å². The molecule has 0 unspecified atom stereocenters. The van der Waals surface area contributed by atoms with Gasteiger partial charge in [-0.15, -0.1) is 0 Å². The van der Waals surface area contributed by atoms with E-state index in [1.807, 2.05) is 0 Å². The molecule has 1 heterocycles. The minimum Gasteiger partial charge on any atom is -0.425 e. The minimum atomic E-state index is -0.541. The molecule has 1 N–H and O–H groups in total. The van der Waals surface area contributed by atoms with Crippen molar-refractivity contribution < 1.29 is 10.0 Å². The number of aromatic nitrogens is 1. The van der Waals surface area contributed by atoms with E-state index in [1.54, 1.807) is 24.3 Å². The van der Waals surface area contributed by atoms with Crippen LogP contribution in [0.25, 0.3) is 10.8 Å². The van der Waals surface area contributed by atoms with Crippen LogP contribution < -0.4 is 5.56 Å². The molecule has 0 aliphatic rings. The summed E-state index contributed by atoms with van der Waals surface area (Å²) in [5.74, 6) is 0. The van der Waals surface area contributed by atoms with E-state index in [0.717, 1.165) is 5.39 Å². The van der Waals surface area contributed by atoms with Gasteiger partial charge in [-0.2, -0.15) is 4.73 Å². The Morgan fingerprint density at radius 1 is 1.33 bits per heavy atom. The Kier molecular flexibility index (Phi) is 2.25. The topological polar surface area (TPSA) is 59.3 Å². The highest BCUT2D eigenvalue weighted by Gasteiger charge is 2.08. The fourth-order valence-electron chi connectivity index (χ4n) is 1.61. The van der Waals surface area contributed by atoms with Gasteiger partial charge < -0.3 is 10.0 Å². The van der Waals surface area contributed by atoms with Crippen molar-refractivity contribution in [1.82, 2.24) is 4.73 Å². The lowest BCUT2D eigenvalue weighted by Gasteiger charge is -2.04. The number of carbonyl (C=O) groups excluding carboxylic acids is 1. The second kappa shape index (κ2) is 3.57. The van der Waals surface area contributed by atoms with Gasteiger partial charge in [0, 0.05) is 17.4 Å². The van der Waals surface area contributed by atoms with E-state index in [-0.39, 0.29) is 6.42 Å². The molecule has 76 valence electrons. The Morgan fingerprint density at radius 2 is 2.07 bits per heavy atom. The highest BCUT2D eigenvalue weighted by molar-refractivity contribution is 5.86. The summed E-state index contributed by atoms with van der Waals surface area (Å²) in [6.45, 7) is 0. The van der Waals surface area contributed by atoms with E-state index in [1.165, 1.54) is 6.20 Å². The summed E-state index contributed by atoms with van der Waals surface area (Å²) in [5.41, 5.74) is -0.216. The van der Waals surface area contributed by atoms with Gasteiger partial charge in [0.1, 0.15) is 6.29 Å². The molecule has 0 saturated heterocycles. The van der Waals surface area contributed by atoms with E-state index < -0.39 is 5.56 Å². The molecule has 1 aromatic carbocycles. The maximum atomic E-state index is 11.5. The average Bonchev–Trinajstić information content (AvgIpc) is 2.25. The van der Waals surface area contributed by atoms with Gasteiger partial charge in [0.05, 0.1) is 6.20 Å². The van der Waals surface area contributed by atoms with Gasteiger partial charge in [-0.25, -0.2) is 0 Å². The summed E-state index contributed by atoms with van der Waals surface area (Å²) < 4.78 is 0.515. The lowest BCUT2D eigenvalue weighted by molar-refractivity contribution is -0.107. The standard InChI is InChI=1S/C11H9NO3/c13-6-5-10-9-4-2-1-3-8(9)7-12(15)11(10)14/h1-4,6-7,15H,5H2. The summed E-state index contributed by atoms with van der Waals surface area (Å²) in [6, 6.07) is 7.13. The predicted molar refractivity (Wildman–Crippen MR) is 55.2 cm³/mol. The van der Waals surface area contributed by atoms with E-state index in [0.29, 0.717) is 22.0 Å². The zero-order valence-corrected chi connectivity index (χ0v) is 7.88. The Bertz CT molecular complexity index is 572. The van der Waals surface area contributed by atoms with Crippen LogP contribution in [-0.4, -0.2) is 16.2 Å². The molecule has 2 aromatic rings. The number of hydrogen-bond acceptors (Lipinski definition) is 3. The minimum absolute atomic E-state index is 0.0146. The van der Waals surface area contributed by atoms with Gasteiger partial charge in [-0.05, 0) is 5.39 Å². The second-order valence-electron chi connectivity index (χ2n) is 3.22. The lowest BCUT2D eigenvalue weighted by Crippen LogP contribution is -2.21. The predicted octanol–water partition coefficient (Wildman–Crippen LogP) is 0.980. The molecule has 1 aromatic heterocycles. The number of nitrogens with zero attached hydrogens (tertiary/aromatic N) is 1. The van der Waals surface area contributed by atoms with E-state index in [2.05, 4.69) is 0 Å². The van der Waals surface area contributed by atoms with Crippen molar-refractivity contribution in [2.45, 2.75) is 6.42 Å². The van der Waals surface area contributed by atoms with Crippen LogP contribution in [0.15, 0.2) is 35.3 Å². The Labute approximate surface area is 85.3 Å². The first-order chi connectivity index (χ1) is 7.24. The summed E-state index contributed by atoms with van der Waals surface area (Å²) in [4.78, 5) is 22.0. The third-order valence-corrected chi connectivity index (χ3v) is 2.30. The molecular weight excluding hydrogens is 194 g/mol. The maximum absolute atomic E-state index is 11.5. The highest BCUT2D eigenvalue weighted by Crippen LogP contribution is 2.14. The van der Waals surface area contributed by atoms with E-state index in [9.17, 15) is 14.8 Å². The van der Waals surface area contributed by atoms with Crippen molar-refractivity contribution in [2.24, 2.45) is 0 Å². The summed E-state index contributed by atoms with van der Waals surface area (Å²) in [7, 11) is 0. The van der Waals surface area contributed by atoms with Crippen LogP contribution >= 0.6 is 0 Å². The molecule has 0 bridgehead atoms. The molecule has 2 rings (SSSR count). The summed E-state index contributed by atoms with van der Waals surface area (Å²) >= 11 is 0. The SMILES string of the molecule is O=CCc1c(=O)n(O)cc2ccccc12. The highest BCUT2D eigenvalue weighted by atomic mass is 16.5. The van der Waals surface area contributed by atoms with E-state index in [4.69, 9.17) is 0 Å². The fraction of sp³-hybridized carbons (Fsp3) is 0.0909. The van der Waals surface area contributed by atoms with Gasteiger partial charge >= 0.3 is 0 Å². The van der Waals surface area contributed by atoms with Crippen molar-refractivity contribution in [3.05, 3.63) is 46.4 Å². The second-order valence-corrected chi connectivity index (χ2v) is 3.22. The molecule has 4 heteroatoms. The molecule has 0 fully saturated rings. The maximum Gasteiger partial charge on any atom is 0.287 e. The Hall–Kier alpha value is -2.10. The van der Waals surface area contributed by atoms with Crippen LogP contribution in [0.1, 0.15) is 5.56 Å². The van der Waals surface area contributed by atoms with Crippen molar-refractivity contribution in [2.75, 3.05) is 0 Å². The third-order valence-electron chi connectivity index (χ3n) is 2.30. The zero-order chi connectivity index (χ0) is 10.8. The number of pyridine rings is 1. The average molecular weight is 203 g/mol. The summed E-state index contributed by atoms with van der Waals surface area (Å²) in [5, 5.41) is 10.8. The Morgan fingerprint density at radius 3 is 2.80 bits per heavy atom. The van der Waals surface area contributed by atoms with Crippen LogP contribution in [0.3, 0.4) is 0 Å². The number of rotatable bonds is 2. The smallest absolute Gasteiger partial charge is 0.287 e. The van der Waals surface area contributed by atoms with Gasteiger partial charge in [0.2, 0.25) is 0 Å². The van der Waals surface area contributed by atoms with Crippen LogP contribution in [0, 0.1) is 0 Å². The van der Waals surface area contributed by atoms with Gasteiger partial charge in [0.15, 0.2) is 0 Å². The van der Waals surface area contributed by atoms with Gasteiger partial charge in [0.25, 0.3) is 5.56 Å². The molecule has 0 atom stereocenters. The first kappa shape index (κ1) is 9.45. The number of fused-ring (bicyclic) bond motifs is 1. The van der Waals surface area contributed by atoms with Gasteiger partial charge in [-0.3, -0.25) is 4.79 Å². The van der Waals surface area contributed by atoms with Crippen molar-refractivity contribution in [3.63, 3.8) is 0 Å². The lowest BCUT2D eigenvalue weighted by atomic mass is 10.1. The number of carbonyl (C=O) groups is 1. The quantitative estimate of drug-likeness (QED) is 0.584. The molecular formula is C11H9NO3. The zero-order valence-electron chi connectivity index (χ0n) is 7.88. The molecule has 4 nitrogen and oxygen atoms in total.